The second-order valence-corrected chi connectivity index (χ2v) is 9.80. The molecule has 4 N–H and O–H groups in total. The highest BCUT2D eigenvalue weighted by Crippen LogP contribution is 2.15. The Hall–Kier alpha value is -2.88. The summed E-state index contributed by atoms with van der Waals surface area (Å²) in [7, 11) is 0. The van der Waals surface area contributed by atoms with Gasteiger partial charge in [-0.25, -0.2) is 0 Å². The van der Waals surface area contributed by atoms with E-state index in [-0.39, 0.29) is 42.1 Å². The van der Waals surface area contributed by atoms with E-state index < -0.39 is 35.8 Å². The molecule has 2 rings (SSSR count). The number of hydrogen-bond acceptors (Lipinski definition) is 6. The van der Waals surface area contributed by atoms with Gasteiger partial charge in [-0.3, -0.25) is 24.0 Å². The summed E-state index contributed by atoms with van der Waals surface area (Å²) in [6, 6.07) is 6.74. The van der Waals surface area contributed by atoms with Gasteiger partial charge in [0, 0.05) is 32.1 Å². The summed E-state index contributed by atoms with van der Waals surface area (Å²) in [6.45, 7) is 5.44. The molecule has 9 nitrogen and oxygen atoms in total. The van der Waals surface area contributed by atoms with Crippen molar-refractivity contribution in [2.45, 2.75) is 64.6 Å². The van der Waals surface area contributed by atoms with Gasteiger partial charge in [-0.2, -0.15) is 0 Å². The van der Waals surface area contributed by atoms with Crippen LogP contribution in [0.25, 0.3) is 0 Å². The predicted molar refractivity (Wildman–Crippen MR) is 131 cm³/mol. The van der Waals surface area contributed by atoms with E-state index in [0.29, 0.717) is 12.8 Å². The van der Waals surface area contributed by atoms with E-state index >= 15 is 0 Å². The molecule has 10 heteroatoms. The van der Waals surface area contributed by atoms with Crippen LogP contribution in [-0.4, -0.2) is 59.2 Å². The topological polar surface area (TPSA) is 133 Å². The van der Waals surface area contributed by atoms with Gasteiger partial charge >= 0.3 is 0 Å². The first-order valence-electron chi connectivity index (χ1n) is 11.5. The van der Waals surface area contributed by atoms with Crippen LogP contribution < -0.4 is 21.3 Å². The molecule has 1 aliphatic rings. The molecule has 0 spiro atoms. The molecule has 34 heavy (non-hydrogen) atoms. The molecule has 0 saturated carbocycles. The normalized spacial score (nSPS) is 23.2. The molecule has 0 aromatic heterocycles. The number of amides is 4. The maximum Gasteiger partial charge on any atom is 0.243 e. The van der Waals surface area contributed by atoms with Gasteiger partial charge in [-0.15, -0.1) is 0 Å². The van der Waals surface area contributed by atoms with Crippen LogP contribution in [0.5, 0.6) is 0 Å². The molecule has 0 bridgehead atoms. The van der Waals surface area contributed by atoms with Gasteiger partial charge < -0.3 is 21.3 Å². The lowest BCUT2D eigenvalue weighted by atomic mass is 10.0. The van der Waals surface area contributed by atoms with Crippen molar-refractivity contribution in [1.82, 2.24) is 21.3 Å². The Morgan fingerprint density at radius 3 is 2.41 bits per heavy atom. The van der Waals surface area contributed by atoms with Gasteiger partial charge in [0.05, 0.1) is 0 Å². The highest BCUT2D eigenvalue weighted by molar-refractivity contribution is 8.13. The summed E-state index contributed by atoms with van der Waals surface area (Å²) in [4.78, 5) is 62.9. The second-order valence-electron chi connectivity index (χ2n) is 8.78. The third-order valence-electron chi connectivity index (χ3n) is 5.21. The van der Waals surface area contributed by atoms with Crippen LogP contribution in [0.2, 0.25) is 0 Å². The van der Waals surface area contributed by atoms with Crippen molar-refractivity contribution in [2.75, 3.05) is 12.3 Å². The van der Waals surface area contributed by atoms with Crippen LogP contribution in [-0.2, 0) is 30.4 Å². The monoisotopic (exact) mass is 490 g/mol. The average molecular weight is 491 g/mol. The standard InChI is InChI=1S/C24H34N4O5S/c1-15(2)12-18-23(32)28-19(13-17-8-5-4-6-9-17)24(33)34-14-20(26-16(3)29)22(31)25-11-7-10-21(30)27-18/h4-6,8-9,15,18-20H,7,10-14H2,1-3H3,(H,25,31)(H,26,29)(H,27,30)(H,28,32)/t18-,19-,20-/m0/s1. The summed E-state index contributed by atoms with van der Waals surface area (Å²) in [5.41, 5.74) is 0.861. The fraction of sp³-hybridized carbons (Fsp3) is 0.542. The predicted octanol–water partition coefficient (Wildman–Crippen LogP) is 0.919. The van der Waals surface area contributed by atoms with E-state index in [9.17, 15) is 24.0 Å². The highest BCUT2D eigenvalue weighted by Gasteiger charge is 2.29. The number of carbonyl (C=O) groups excluding carboxylic acids is 5. The van der Waals surface area contributed by atoms with Crippen LogP contribution in [0, 0.1) is 5.92 Å². The van der Waals surface area contributed by atoms with Gasteiger partial charge in [0.1, 0.15) is 18.1 Å². The Labute approximate surface area is 204 Å². The van der Waals surface area contributed by atoms with Crippen LogP contribution >= 0.6 is 11.8 Å². The molecule has 1 fully saturated rings. The van der Waals surface area contributed by atoms with Crippen molar-refractivity contribution in [3.63, 3.8) is 0 Å². The molecular formula is C24H34N4O5S. The van der Waals surface area contributed by atoms with Gasteiger partial charge in [-0.1, -0.05) is 55.9 Å². The minimum Gasteiger partial charge on any atom is -0.354 e. The first kappa shape index (κ1) is 27.4. The fourth-order valence-electron chi connectivity index (χ4n) is 3.56. The van der Waals surface area contributed by atoms with Crippen molar-refractivity contribution < 1.29 is 24.0 Å². The number of benzene rings is 1. The first-order valence-corrected chi connectivity index (χ1v) is 12.5. The summed E-state index contributed by atoms with van der Waals surface area (Å²) in [6.07, 6.45) is 1.20. The largest absolute Gasteiger partial charge is 0.354 e. The summed E-state index contributed by atoms with van der Waals surface area (Å²) >= 11 is 0.890. The maximum absolute atomic E-state index is 13.1. The lowest BCUT2D eigenvalue weighted by Crippen LogP contribution is -2.52. The molecule has 1 heterocycles. The van der Waals surface area contributed by atoms with Gasteiger partial charge in [-0.05, 0) is 24.3 Å². The molecule has 1 aromatic rings. The van der Waals surface area contributed by atoms with Crippen LogP contribution in [0.4, 0.5) is 0 Å². The van der Waals surface area contributed by atoms with Crippen molar-refractivity contribution >= 4 is 40.5 Å². The minimum atomic E-state index is -0.910. The van der Waals surface area contributed by atoms with Crippen LogP contribution in [0.1, 0.15) is 45.6 Å². The zero-order chi connectivity index (χ0) is 25.1. The molecule has 1 aliphatic heterocycles. The van der Waals surface area contributed by atoms with E-state index in [2.05, 4.69) is 21.3 Å². The Bertz CT molecular complexity index is 877. The molecule has 0 unspecified atom stereocenters. The lowest BCUT2D eigenvalue weighted by Gasteiger charge is -2.24. The molecule has 0 radical (unpaired) electrons. The van der Waals surface area contributed by atoms with E-state index in [1.807, 2.05) is 44.2 Å². The van der Waals surface area contributed by atoms with E-state index in [1.165, 1.54) is 6.92 Å². The third kappa shape index (κ3) is 9.54. The summed E-state index contributed by atoms with van der Waals surface area (Å²) in [5, 5.41) is 10.5. The second kappa shape index (κ2) is 13.7. The van der Waals surface area contributed by atoms with E-state index in [1.54, 1.807) is 0 Å². The van der Waals surface area contributed by atoms with Crippen molar-refractivity contribution in [3.05, 3.63) is 35.9 Å². The first-order chi connectivity index (χ1) is 16.2. The SMILES string of the molecule is CC(=O)N[C@H]1CSC(=O)[C@H](Cc2ccccc2)NC(=O)[C@H](CC(C)C)NC(=O)CCCNC1=O. The zero-order valence-corrected chi connectivity index (χ0v) is 20.7. The zero-order valence-electron chi connectivity index (χ0n) is 19.9. The maximum atomic E-state index is 13.1. The number of thioether (sulfide) groups is 1. The van der Waals surface area contributed by atoms with Crippen LogP contribution in [0.15, 0.2) is 30.3 Å². The number of hydrogen-bond donors (Lipinski definition) is 4. The molecule has 4 amide bonds. The van der Waals surface area contributed by atoms with Crippen molar-refractivity contribution in [2.24, 2.45) is 5.92 Å². The minimum absolute atomic E-state index is 0.0258. The fourth-order valence-corrected chi connectivity index (χ4v) is 4.47. The average Bonchev–Trinajstić information content (AvgIpc) is 2.78. The molecule has 186 valence electrons. The molecule has 1 saturated heterocycles. The molecule has 3 atom stereocenters. The summed E-state index contributed by atoms with van der Waals surface area (Å²) < 4.78 is 0. The van der Waals surface area contributed by atoms with Crippen molar-refractivity contribution in [1.29, 1.82) is 0 Å². The van der Waals surface area contributed by atoms with Gasteiger partial charge in [0.15, 0.2) is 0 Å². The number of rotatable bonds is 5. The lowest BCUT2D eigenvalue weighted by molar-refractivity contribution is -0.130. The Morgan fingerprint density at radius 2 is 1.76 bits per heavy atom. The number of carbonyl (C=O) groups is 5. The highest BCUT2D eigenvalue weighted by atomic mass is 32.2. The van der Waals surface area contributed by atoms with Crippen molar-refractivity contribution in [3.8, 4) is 0 Å². The summed E-state index contributed by atoms with van der Waals surface area (Å²) in [5.74, 6) is -1.36. The third-order valence-corrected chi connectivity index (χ3v) is 6.28. The van der Waals surface area contributed by atoms with Gasteiger partial charge in [0.25, 0.3) is 0 Å². The Balaban J connectivity index is 2.30. The molecule has 0 aliphatic carbocycles. The van der Waals surface area contributed by atoms with Crippen LogP contribution in [0.3, 0.4) is 0 Å². The Kier molecular flexibility index (Phi) is 11.1. The van der Waals surface area contributed by atoms with E-state index in [0.717, 1.165) is 17.3 Å². The number of nitrogens with one attached hydrogen (secondary N) is 4. The molecule has 1 aromatic carbocycles. The van der Waals surface area contributed by atoms with Gasteiger partial charge in [0.2, 0.25) is 28.7 Å². The smallest absolute Gasteiger partial charge is 0.243 e. The molecular weight excluding hydrogens is 456 g/mol. The van der Waals surface area contributed by atoms with E-state index in [4.69, 9.17) is 0 Å². The quantitative estimate of drug-likeness (QED) is 0.485. The Morgan fingerprint density at radius 1 is 1.06 bits per heavy atom.